The van der Waals surface area contributed by atoms with Crippen LogP contribution >= 0.6 is 15.3 Å². The van der Waals surface area contributed by atoms with Crippen LogP contribution in [0.25, 0.3) is 16.8 Å². The largest absolute Gasteiger partial charge is 0.130 e. The second-order valence-corrected chi connectivity index (χ2v) is 10.6. The maximum atomic E-state index is 3.79. The van der Waals surface area contributed by atoms with E-state index in [1.165, 1.54) is 28.4 Å². The van der Waals surface area contributed by atoms with Gasteiger partial charge in [0.2, 0.25) is 0 Å². The smallest absolute Gasteiger partial charge is 0.118 e. The molecule has 0 spiro atoms. The Labute approximate surface area is 113 Å². The predicted molar refractivity (Wildman–Crippen MR) is 84.3 cm³/mol. The van der Waals surface area contributed by atoms with Crippen molar-refractivity contribution >= 4 is 39.6 Å². The average Bonchev–Trinajstić information content (AvgIpc) is 2.39. The summed E-state index contributed by atoms with van der Waals surface area (Å²) in [6, 6.07) is 17.6. The number of benzene rings is 2. The summed E-state index contributed by atoms with van der Waals surface area (Å²) < 4.78 is 0. The lowest BCUT2D eigenvalue weighted by atomic mass is 10.0. The summed E-state index contributed by atoms with van der Waals surface area (Å²) in [7, 11) is -0.659. The first-order chi connectivity index (χ1) is 8.31. The summed E-state index contributed by atoms with van der Waals surface area (Å²) in [6.45, 7) is 2.26. The molecule has 1 atom stereocenters. The molecule has 0 radical (unpaired) electrons. The van der Waals surface area contributed by atoms with Crippen LogP contribution in [0, 0.1) is 0 Å². The van der Waals surface area contributed by atoms with E-state index in [4.69, 9.17) is 0 Å². The van der Waals surface area contributed by atoms with Crippen molar-refractivity contribution in [1.29, 1.82) is 0 Å². The van der Waals surface area contributed by atoms with Gasteiger partial charge in [0, 0.05) is 0 Å². The number of allylic oxidation sites excluding steroid dienone is 1. The van der Waals surface area contributed by atoms with E-state index < -0.39 is 7.42 Å². The summed E-state index contributed by atoms with van der Waals surface area (Å²) in [5.41, 5.74) is 1.33. The molecule has 0 saturated heterocycles. The predicted octanol–water partition coefficient (Wildman–Crippen LogP) is 4.99. The summed E-state index contributed by atoms with van der Waals surface area (Å²) in [5.74, 6) is 0. The molecular formula is C15H17BrSi. The third-order valence-electron chi connectivity index (χ3n) is 2.96. The Hall–Kier alpha value is -0.863. The Morgan fingerprint density at radius 1 is 1.12 bits per heavy atom. The molecule has 88 valence electrons. The molecule has 17 heavy (non-hydrogen) atoms. The molecule has 2 rings (SSSR count). The molecule has 0 amide bonds. The first-order valence-electron chi connectivity index (χ1n) is 6.09. The molecule has 1 unspecified atom stereocenters. The van der Waals surface area contributed by atoms with E-state index in [0.29, 0.717) is 0 Å². The topological polar surface area (TPSA) is 0 Å². The Morgan fingerprint density at radius 2 is 1.88 bits per heavy atom. The summed E-state index contributed by atoms with van der Waals surface area (Å²) in [6.07, 6.45) is 4.58. The van der Waals surface area contributed by atoms with Gasteiger partial charge in [0.25, 0.3) is 0 Å². The zero-order chi connectivity index (χ0) is 12.1. The van der Waals surface area contributed by atoms with Crippen LogP contribution in [0.2, 0.25) is 12.1 Å². The molecule has 0 aliphatic rings. The van der Waals surface area contributed by atoms with Crippen LogP contribution < -0.4 is 0 Å². The van der Waals surface area contributed by atoms with Crippen LogP contribution in [0.3, 0.4) is 0 Å². The van der Waals surface area contributed by atoms with Crippen molar-refractivity contribution in [2.75, 3.05) is 0 Å². The minimum absolute atomic E-state index is 0.659. The fraction of sp³-hybridized carbons (Fsp3) is 0.200. The molecule has 0 fully saturated rings. The second kappa shape index (κ2) is 6.17. The maximum absolute atomic E-state index is 3.79. The third-order valence-corrected chi connectivity index (χ3v) is 7.69. The van der Waals surface area contributed by atoms with Crippen molar-refractivity contribution in [1.82, 2.24) is 0 Å². The molecule has 0 aliphatic heterocycles. The van der Waals surface area contributed by atoms with Crippen molar-refractivity contribution in [3.8, 4) is 0 Å². The van der Waals surface area contributed by atoms with Crippen LogP contribution in [0.1, 0.15) is 12.5 Å². The highest BCUT2D eigenvalue weighted by Gasteiger charge is 2.00. The fourth-order valence-corrected chi connectivity index (χ4v) is 3.32. The van der Waals surface area contributed by atoms with E-state index in [1.54, 1.807) is 0 Å². The Kier molecular flexibility index (Phi) is 4.57. The molecule has 2 aromatic carbocycles. The molecule has 2 aromatic rings. The summed E-state index contributed by atoms with van der Waals surface area (Å²) in [4.78, 5) is 0. The first-order valence-corrected chi connectivity index (χ1v) is 10.9. The highest BCUT2D eigenvalue weighted by molar-refractivity contribution is 9.24. The zero-order valence-corrected chi connectivity index (χ0v) is 12.8. The quantitative estimate of drug-likeness (QED) is 0.551. The van der Waals surface area contributed by atoms with Gasteiger partial charge in [-0.05, 0) is 22.4 Å². The van der Waals surface area contributed by atoms with Crippen LogP contribution in [0.15, 0.2) is 48.5 Å². The third kappa shape index (κ3) is 3.30. The van der Waals surface area contributed by atoms with Crippen LogP contribution in [-0.2, 0) is 0 Å². The van der Waals surface area contributed by atoms with Gasteiger partial charge in [0.05, 0.1) is 0 Å². The SMILES string of the molecule is CC[SiH](Br)CC=Cc1cccc2ccccc12. The number of hydrogen-bond donors (Lipinski definition) is 0. The van der Waals surface area contributed by atoms with Gasteiger partial charge in [-0.1, -0.05) is 67.6 Å². The van der Waals surface area contributed by atoms with E-state index in [-0.39, 0.29) is 0 Å². The highest BCUT2D eigenvalue weighted by atomic mass is 79.9. The lowest BCUT2D eigenvalue weighted by molar-refractivity contribution is 1.42. The van der Waals surface area contributed by atoms with Gasteiger partial charge in [-0.2, -0.15) is 0 Å². The van der Waals surface area contributed by atoms with Gasteiger partial charge in [0.1, 0.15) is 7.42 Å². The summed E-state index contributed by atoms with van der Waals surface area (Å²) in [5, 5.41) is 2.66. The van der Waals surface area contributed by atoms with Crippen molar-refractivity contribution in [3.05, 3.63) is 54.1 Å². The van der Waals surface area contributed by atoms with Gasteiger partial charge >= 0.3 is 0 Å². The maximum Gasteiger partial charge on any atom is 0.118 e. The highest BCUT2D eigenvalue weighted by Crippen LogP contribution is 2.20. The molecule has 2 heteroatoms. The van der Waals surface area contributed by atoms with E-state index in [0.717, 1.165) is 0 Å². The van der Waals surface area contributed by atoms with Crippen LogP contribution in [-0.4, -0.2) is 7.42 Å². The molecule has 0 bridgehead atoms. The molecule has 0 aromatic heterocycles. The van der Waals surface area contributed by atoms with Gasteiger partial charge in [-0.15, -0.1) is 15.3 Å². The Bertz CT molecular complexity index is 514. The van der Waals surface area contributed by atoms with Gasteiger partial charge < -0.3 is 0 Å². The minimum Gasteiger partial charge on any atom is -0.130 e. The number of rotatable bonds is 4. The Morgan fingerprint density at radius 3 is 2.71 bits per heavy atom. The second-order valence-electron chi connectivity index (χ2n) is 4.21. The molecule has 0 nitrogen and oxygen atoms in total. The van der Waals surface area contributed by atoms with Gasteiger partial charge in [-0.3, -0.25) is 0 Å². The minimum atomic E-state index is -0.659. The van der Waals surface area contributed by atoms with Crippen molar-refractivity contribution < 1.29 is 0 Å². The lowest BCUT2D eigenvalue weighted by Crippen LogP contribution is -1.95. The normalized spacial score (nSPS) is 13.3. The summed E-state index contributed by atoms with van der Waals surface area (Å²) >= 11 is 3.79. The molecule has 0 heterocycles. The van der Waals surface area contributed by atoms with E-state index in [2.05, 4.69) is 76.8 Å². The van der Waals surface area contributed by atoms with Crippen molar-refractivity contribution in [2.24, 2.45) is 0 Å². The van der Waals surface area contributed by atoms with Crippen LogP contribution in [0.4, 0.5) is 0 Å². The molecule has 0 saturated carbocycles. The monoisotopic (exact) mass is 304 g/mol. The van der Waals surface area contributed by atoms with Crippen LogP contribution in [0.5, 0.6) is 0 Å². The zero-order valence-electron chi connectivity index (χ0n) is 10.1. The fourth-order valence-electron chi connectivity index (χ4n) is 1.91. The average molecular weight is 305 g/mol. The first kappa shape index (κ1) is 12.6. The molecule has 0 N–H and O–H groups in total. The lowest BCUT2D eigenvalue weighted by Gasteiger charge is -2.02. The molecular weight excluding hydrogens is 288 g/mol. The van der Waals surface area contributed by atoms with Gasteiger partial charge in [0.15, 0.2) is 0 Å². The number of hydrogen-bond acceptors (Lipinski definition) is 0. The Balaban J connectivity index is 2.24. The standard InChI is InChI=1S/C15H17BrSi/c1-2-17(16)12-6-10-14-9-5-8-13-7-3-4-11-15(13)14/h3-11,17H,2,12H2,1H3. The van der Waals surface area contributed by atoms with E-state index in [9.17, 15) is 0 Å². The van der Waals surface area contributed by atoms with Gasteiger partial charge in [-0.25, -0.2) is 0 Å². The van der Waals surface area contributed by atoms with Crippen molar-refractivity contribution in [3.63, 3.8) is 0 Å². The van der Waals surface area contributed by atoms with E-state index in [1.807, 2.05) is 0 Å². The van der Waals surface area contributed by atoms with E-state index >= 15 is 0 Å². The number of fused-ring (bicyclic) bond motifs is 1. The molecule has 0 aliphatic carbocycles. The number of halogens is 1. The van der Waals surface area contributed by atoms with Crippen molar-refractivity contribution in [2.45, 2.75) is 19.0 Å².